The van der Waals surface area contributed by atoms with Crippen LogP contribution in [0.15, 0.2) is 101 Å². The van der Waals surface area contributed by atoms with E-state index in [1.54, 1.807) is 11.3 Å². The molecule has 1 aliphatic rings. The highest BCUT2D eigenvalue weighted by Crippen LogP contribution is 2.50. The second-order valence-corrected chi connectivity index (χ2v) is 10.3. The summed E-state index contributed by atoms with van der Waals surface area (Å²) in [7, 11) is 0. The van der Waals surface area contributed by atoms with Crippen LogP contribution in [0, 0.1) is 13.8 Å². The molecule has 1 aromatic heterocycles. The third kappa shape index (κ3) is 4.09. The van der Waals surface area contributed by atoms with Crippen molar-refractivity contribution in [2.24, 2.45) is 4.99 Å². The summed E-state index contributed by atoms with van der Waals surface area (Å²) < 4.78 is 2.43. The van der Waals surface area contributed by atoms with Gasteiger partial charge >= 0.3 is 0 Å². The predicted octanol–water partition coefficient (Wildman–Crippen LogP) is 8.59. The Morgan fingerprint density at radius 3 is 2.17 bits per heavy atom. The largest absolute Gasteiger partial charge is 0.288 e. The van der Waals surface area contributed by atoms with E-state index < -0.39 is 0 Å². The molecular formula is C31H29BrN2S. The molecule has 4 heteroatoms. The van der Waals surface area contributed by atoms with Crippen molar-refractivity contribution < 1.29 is 0 Å². The van der Waals surface area contributed by atoms with Crippen molar-refractivity contribution in [2.75, 3.05) is 0 Å². The second-order valence-electron chi connectivity index (χ2n) is 9.42. The second kappa shape index (κ2) is 9.60. The molecule has 1 heterocycles. The highest BCUT2D eigenvalue weighted by Gasteiger charge is 2.43. The van der Waals surface area contributed by atoms with Crippen LogP contribution in [0.25, 0.3) is 16.5 Å². The van der Waals surface area contributed by atoms with E-state index in [0.717, 1.165) is 23.3 Å². The van der Waals surface area contributed by atoms with Gasteiger partial charge < -0.3 is 0 Å². The minimum Gasteiger partial charge on any atom is -0.288 e. The van der Waals surface area contributed by atoms with E-state index in [1.165, 1.54) is 45.3 Å². The van der Waals surface area contributed by atoms with Gasteiger partial charge in [-0.3, -0.25) is 4.57 Å². The number of hydrogen-bond acceptors (Lipinski definition) is 2. The van der Waals surface area contributed by atoms with Crippen molar-refractivity contribution in [3.8, 4) is 5.69 Å². The maximum Gasteiger partial charge on any atom is 0.194 e. The number of aryl methyl sites for hydroxylation is 2. The average molecular weight is 542 g/mol. The SMILES string of the molecule is Br.Cc1ccccc1N=c1scc(C2(c3ccc4ccccc4c3)CCC2)n1-c1ccccc1C. The normalized spacial score (nSPS) is 15.0. The Bertz CT molecular complexity index is 1570. The maximum atomic E-state index is 5.18. The first-order valence-corrected chi connectivity index (χ1v) is 12.9. The molecule has 0 N–H and O–H groups in total. The molecule has 0 unspecified atom stereocenters. The lowest BCUT2D eigenvalue weighted by Gasteiger charge is -2.43. The van der Waals surface area contributed by atoms with Gasteiger partial charge in [-0.25, -0.2) is 4.99 Å². The molecule has 0 radical (unpaired) electrons. The van der Waals surface area contributed by atoms with Crippen LogP contribution in [0.5, 0.6) is 0 Å². The van der Waals surface area contributed by atoms with Gasteiger partial charge in [0, 0.05) is 16.5 Å². The number of hydrogen-bond donors (Lipinski definition) is 0. The lowest BCUT2D eigenvalue weighted by Crippen LogP contribution is -2.38. The van der Waals surface area contributed by atoms with Gasteiger partial charge in [0.2, 0.25) is 0 Å². The fourth-order valence-electron chi connectivity index (χ4n) is 5.27. The minimum atomic E-state index is 0. The summed E-state index contributed by atoms with van der Waals surface area (Å²) >= 11 is 1.75. The van der Waals surface area contributed by atoms with E-state index in [9.17, 15) is 0 Å². The summed E-state index contributed by atoms with van der Waals surface area (Å²) in [5.41, 5.74) is 7.51. The Labute approximate surface area is 221 Å². The number of rotatable bonds is 4. The van der Waals surface area contributed by atoms with Gasteiger partial charge in [-0.15, -0.1) is 28.3 Å². The molecule has 0 atom stereocenters. The Morgan fingerprint density at radius 1 is 0.771 bits per heavy atom. The lowest BCUT2D eigenvalue weighted by atomic mass is 9.62. The standard InChI is InChI=1S/C31H28N2S.BrH/c1-22-10-3-7-14-27(22)32-30-33(28-15-8-4-11-23(28)2)29(21-34-30)31(18-9-19-31)26-17-16-24-12-5-6-13-25(24)20-26;/h3-8,10-17,20-21H,9,18-19H2,1-2H3;1H. The first-order valence-electron chi connectivity index (χ1n) is 12.0. The number of nitrogens with zero attached hydrogens (tertiary/aromatic N) is 2. The molecule has 2 nitrogen and oxygen atoms in total. The maximum absolute atomic E-state index is 5.18. The Balaban J connectivity index is 0.00000253. The van der Waals surface area contributed by atoms with E-state index in [4.69, 9.17) is 4.99 Å². The van der Waals surface area contributed by atoms with E-state index in [0.29, 0.717) is 0 Å². The van der Waals surface area contributed by atoms with Crippen LogP contribution >= 0.6 is 28.3 Å². The molecule has 35 heavy (non-hydrogen) atoms. The molecule has 0 bridgehead atoms. The highest BCUT2D eigenvalue weighted by atomic mass is 79.9. The summed E-state index contributed by atoms with van der Waals surface area (Å²) in [4.78, 5) is 6.21. The zero-order chi connectivity index (χ0) is 23.1. The van der Waals surface area contributed by atoms with Crippen molar-refractivity contribution in [3.63, 3.8) is 0 Å². The summed E-state index contributed by atoms with van der Waals surface area (Å²) in [5.74, 6) is 0. The molecule has 1 fully saturated rings. The summed E-state index contributed by atoms with van der Waals surface area (Å²) in [6, 6.07) is 32.8. The van der Waals surface area contributed by atoms with Gasteiger partial charge in [-0.05, 0) is 66.3 Å². The zero-order valence-electron chi connectivity index (χ0n) is 20.1. The third-order valence-electron chi connectivity index (χ3n) is 7.40. The van der Waals surface area contributed by atoms with Crippen LogP contribution in [0.4, 0.5) is 5.69 Å². The number of fused-ring (bicyclic) bond motifs is 1. The van der Waals surface area contributed by atoms with Crippen LogP contribution in [0.3, 0.4) is 0 Å². The molecular weight excluding hydrogens is 512 g/mol. The van der Waals surface area contributed by atoms with Crippen LogP contribution < -0.4 is 4.80 Å². The molecule has 6 rings (SSSR count). The van der Waals surface area contributed by atoms with Gasteiger partial charge in [-0.2, -0.15) is 0 Å². The molecule has 0 aliphatic heterocycles. The highest BCUT2D eigenvalue weighted by molar-refractivity contribution is 8.93. The van der Waals surface area contributed by atoms with Crippen molar-refractivity contribution in [2.45, 2.75) is 38.5 Å². The predicted molar refractivity (Wildman–Crippen MR) is 154 cm³/mol. The van der Waals surface area contributed by atoms with Crippen LogP contribution in [0.1, 0.15) is 41.6 Å². The molecule has 0 spiro atoms. The Kier molecular flexibility index (Phi) is 6.52. The minimum absolute atomic E-state index is 0. The molecule has 1 aliphatic carbocycles. The quantitative estimate of drug-likeness (QED) is 0.217. The lowest BCUT2D eigenvalue weighted by molar-refractivity contribution is 0.290. The third-order valence-corrected chi connectivity index (χ3v) is 8.22. The van der Waals surface area contributed by atoms with Gasteiger partial charge in [0.25, 0.3) is 0 Å². The molecule has 0 amide bonds. The fourth-order valence-corrected chi connectivity index (χ4v) is 6.27. The van der Waals surface area contributed by atoms with Gasteiger partial charge in [-0.1, -0.05) is 85.3 Å². The first kappa shape index (κ1) is 23.8. The van der Waals surface area contributed by atoms with Gasteiger partial charge in [0.1, 0.15) is 0 Å². The van der Waals surface area contributed by atoms with Crippen LogP contribution in [-0.2, 0) is 5.41 Å². The fraction of sp³-hybridized carbons (Fsp3) is 0.194. The van der Waals surface area contributed by atoms with Crippen molar-refractivity contribution in [1.29, 1.82) is 0 Å². The topological polar surface area (TPSA) is 17.3 Å². The average Bonchev–Trinajstić information content (AvgIpc) is 3.23. The Morgan fingerprint density at radius 2 is 1.46 bits per heavy atom. The number of benzene rings is 4. The smallest absolute Gasteiger partial charge is 0.194 e. The number of aromatic nitrogens is 1. The van der Waals surface area contributed by atoms with E-state index in [-0.39, 0.29) is 22.4 Å². The summed E-state index contributed by atoms with van der Waals surface area (Å²) in [6.07, 6.45) is 3.58. The van der Waals surface area contributed by atoms with Crippen molar-refractivity contribution in [1.82, 2.24) is 4.57 Å². The van der Waals surface area contributed by atoms with E-state index >= 15 is 0 Å². The van der Waals surface area contributed by atoms with Crippen LogP contribution in [0.2, 0.25) is 0 Å². The molecule has 0 saturated heterocycles. The van der Waals surface area contributed by atoms with Crippen molar-refractivity contribution >= 4 is 44.8 Å². The van der Waals surface area contributed by atoms with Crippen molar-refractivity contribution in [3.05, 3.63) is 124 Å². The van der Waals surface area contributed by atoms with Gasteiger partial charge in [0.05, 0.1) is 11.4 Å². The summed E-state index contributed by atoms with van der Waals surface area (Å²) in [5, 5.41) is 4.97. The summed E-state index contributed by atoms with van der Waals surface area (Å²) in [6.45, 7) is 4.33. The Hall–Kier alpha value is -2.95. The molecule has 1 saturated carbocycles. The first-order chi connectivity index (χ1) is 16.7. The number of thiazole rings is 1. The van der Waals surface area contributed by atoms with E-state index in [2.05, 4.69) is 115 Å². The molecule has 5 aromatic rings. The molecule has 176 valence electrons. The van der Waals surface area contributed by atoms with E-state index in [1.807, 2.05) is 0 Å². The monoisotopic (exact) mass is 540 g/mol. The van der Waals surface area contributed by atoms with Gasteiger partial charge in [0.15, 0.2) is 4.80 Å². The zero-order valence-corrected chi connectivity index (χ0v) is 22.6. The number of para-hydroxylation sites is 2. The van der Waals surface area contributed by atoms with Crippen LogP contribution in [-0.4, -0.2) is 4.57 Å². The number of halogens is 1. The molecule has 4 aromatic carbocycles.